The summed E-state index contributed by atoms with van der Waals surface area (Å²) in [6.07, 6.45) is 0.604. The SMILES string of the molecule is CCC(S)C(=O)NC(CS)C(N)=O. The van der Waals surface area contributed by atoms with E-state index in [0.717, 1.165) is 0 Å². The molecule has 0 aliphatic carbocycles. The molecule has 0 heterocycles. The topological polar surface area (TPSA) is 72.2 Å². The minimum absolute atomic E-state index is 0.200. The molecule has 0 radical (unpaired) electrons. The van der Waals surface area contributed by atoms with Gasteiger partial charge in [0, 0.05) is 5.75 Å². The summed E-state index contributed by atoms with van der Waals surface area (Å²) >= 11 is 7.90. The van der Waals surface area contributed by atoms with E-state index in [1.165, 1.54) is 0 Å². The van der Waals surface area contributed by atoms with Crippen LogP contribution in [0.5, 0.6) is 0 Å². The molecule has 0 rings (SSSR count). The highest BCUT2D eigenvalue weighted by molar-refractivity contribution is 7.81. The number of carbonyl (C=O) groups excluding carboxylic acids is 2. The Bertz CT molecular complexity index is 199. The highest BCUT2D eigenvalue weighted by Crippen LogP contribution is 2.00. The number of hydrogen-bond donors (Lipinski definition) is 4. The van der Waals surface area contributed by atoms with Gasteiger partial charge in [0.05, 0.1) is 5.25 Å². The van der Waals surface area contributed by atoms with Crippen molar-refractivity contribution < 1.29 is 9.59 Å². The molecular weight excluding hydrogens is 208 g/mol. The van der Waals surface area contributed by atoms with Crippen LogP contribution in [0.4, 0.5) is 0 Å². The van der Waals surface area contributed by atoms with Gasteiger partial charge >= 0.3 is 0 Å². The van der Waals surface area contributed by atoms with Crippen molar-refractivity contribution in [1.29, 1.82) is 0 Å². The van der Waals surface area contributed by atoms with Crippen LogP contribution in [-0.2, 0) is 9.59 Å². The van der Waals surface area contributed by atoms with Crippen LogP contribution in [0.2, 0.25) is 0 Å². The Morgan fingerprint density at radius 1 is 1.54 bits per heavy atom. The molecule has 0 aromatic rings. The summed E-state index contributed by atoms with van der Waals surface area (Å²) in [7, 11) is 0. The fourth-order valence-electron chi connectivity index (χ4n) is 0.660. The van der Waals surface area contributed by atoms with Crippen LogP contribution < -0.4 is 11.1 Å². The van der Waals surface area contributed by atoms with E-state index in [0.29, 0.717) is 6.42 Å². The zero-order valence-corrected chi connectivity index (χ0v) is 9.15. The maximum atomic E-state index is 11.2. The highest BCUT2D eigenvalue weighted by Gasteiger charge is 2.19. The molecule has 0 spiro atoms. The quantitative estimate of drug-likeness (QED) is 0.478. The number of primary amides is 1. The van der Waals surface area contributed by atoms with Gasteiger partial charge in [-0.1, -0.05) is 6.92 Å². The zero-order valence-electron chi connectivity index (χ0n) is 7.36. The molecule has 0 aromatic carbocycles. The molecule has 0 fully saturated rings. The summed E-state index contributed by atoms with van der Waals surface area (Å²) in [5.41, 5.74) is 5.01. The Balaban J connectivity index is 4.09. The number of nitrogens with one attached hydrogen (secondary N) is 1. The van der Waals surface area contributed by atoms with E-state index in [1.54, 1.807) is 0 Å². The summed E-state index contributed by atoms with van der Waals surface area (Å²) < 4.78 is 0. The molecule has 6 heteroatoms. The number of hydrogen-bond acceptors (Lipinski definition) is 4. The summed E-state index contributed by atoms with van der Waals surface area (Å²) in [6, 6.07) is -0.711. The second-order valence-corrected chi connectivity index (χ2v) is 3.56. The molecular formula is C7H14N2O2S2. The van der Waals surface area contributed by atoms with Crippen LogP contribution in [0, 0.1) is 0 Å². The van der Waals surface area contributed by atoms with Crippen molar-refractivity contribution in [3.63, 3.8) is 0 Å². The summed E-state index contributed by atoms with van der Waals surface area (Å²) in [5.74, 6) is -0.672. The molecule has 0 aromatic heterocycles. The molecule has 0 saturated carbocycles. The summed E-state index contributed by atoms with van der Waals surface area (Å²) in [6.45, 7) is 1.83. The van der Waals surface area contributed by atoms with Gasteiger partial charge in [-0.2, -0.15) is 25.3 Å². The number of rotatable bonds is 5. The van der Waals surface area contributed by atoms with E-state index in [4.69, 9.17) is 5.73 Å². The Labute approximate surface area is 88.5 Å². The van der Waals surface area contributed by atoms with Crippen molar-refractivity contribution in [3.8, 4) is 0 Å². The molecule has 0 saturated heterocycles. The van der Waals surface area contributed by atoms with E-state index in [9.17, 15) is 9.59 Å². The minimum Gasteiger partial charge on any atom is -0.368 e. The van der Waals surface area contributed by atoms with E-state index in [1.807, 2.05) is 6.92 Å². The van der Waals surface area contributed by atoms with Crippen LogP contribution >= 0.6 is 25.3 Å². The second kappa shape index (κ2) is 6.15. The summed E-state index contributed by atoms with van der Waals surface area (Å²) in [5, 5.41) is 2.05. The van der Waals surface area contributed by atoms with Crippen LogP contribution in [0.1, 0.15) is 13.3 Å². The number of thiol groups is 2. The van der Waals surface area contributed by atoms with Crippen molar-refractivity contribution in [2.24, 2.45) is 5.73 Å². The standard InChI is InChI=1S/C7H14N2O2S2/c1-2-5(13)7(11)9-4(3-12)6(8)10/h4-5,12-13H,2-3H2,1H3,(H2,8,10)(H,9,11). The first kappa shape index (κ1) is 12.6. The van der Waals surface area contributed by atoms with Gasteiger partial charge in [-0.25, -0.2) is 0 Å². The molecule has 0 aliphatic heterocycles. The van der Waals surface area contributed by atoms with E-state index in [2.05, 4.69) is 30.6 Å². The fourth-order valence-corrected chi connectivity index (χ4v) is 1.01. The van der Waals surface area contributed by atoms with Crippen LogP contribution in [0.25, 0.3) is 0 Å². The largest absolute Gasteiger partial charge is 0.368 e. The molecule has 3 N–H and O–H groups in total. The number of amides is 2. The first-order chi connectivity index (χ1) is 6.02. The molecule has 2 amide bonds. The zero-order chi connectivity index (χ0) is 10.4. The van der Waals surface area contributed by atoms with Gasteiger partial charge in [0.25, 0.3) is 0 Å². The third kappa shape index (κ3) is 4.42. The molecule has 0 bridgehead atoms. The summed E-state index contributed by atoms with van der Waals surface area (Å²) in [4.78, 5) is 21.9. The third-order valence-corrected chi connectivity index (χ3v) is 2.50. The lowest BCUT2D eigenvalue weighted by Crippen LogP contribution is -2.48. The van der Waals surface area contributed by atoms with Crippen LogP contribution in [0.3, 0.4) is 0 Å². The van der Waals surface area contributed by atoms with Crippen molar-refractivity contribution in [3.05, 3.63) is 0 Å². The van der Waals surface area contributed by atoms with Crippen molar-refractivity contribution in [2.45, 2.75) is 24.6 Å². The average molecular weight is 222 g/mol. The van der Waals surface area contributed by atoms with Gasteiger partial charge in [-0.05, 0) is 6.42 Å². The van der Waals surface area contributed by atoms with Gasteiger partial charge < -0.3 is 11.1 Å². The number of carbonyl (C=O) groups is 2. The van der Waals surface area contributed by atoms with Gasteiger partial charge in [0.2, 0.25) is 11.8 Å². The maximum absolute atomic E-state index is 11.2. The minimum atomic E-state index is -0.711. The molecule has 4 nitrogen and oxygen atoms in total. The monoisotopic (exact) mass is 222 g/mol. The normalized spacial score (nSPS) is 14.7. The van der Waals surface area contributed by atoms with E-state index < -0.39 is 17.2 Å². The Kier molecular flexibility index (Phi) is 5.98. The number of nitrogens with two attached hydrogens (primary N) is 1. The lowest BCUT2D eigenvalue weighted by atomic mass is 10.2. The highest BCUT2D eigenvalue weighted by atomic mass is 32.1. The Morgan fingerprint density at radius 2 is 2.08 bits per heavy atom. The Hall–Kier alpha value is -0.360. The maximum Gasteiger partial charge on any atom is 0.240 e. The van der Waals surface area contributed by atoms with Gasteiger partial charge in [0.1, 0.15) is 6.04 Å². The smallest absolute Gasteiger partial charge is 0.240 e. The Morgan fingerprint density at radius 3 is 2.38 bits per heavy atom. The molecule has 0 aliphatic rings. The van der Waals surface area contributed by atoms with Gasteiger partial charge in [-0.3, -0.25) is 9.59 Å². The first-order valence-electron chi connectivity index (χ1n) is 3.91. The van der Waals surface area contributed by atoms with Gasteiger partial charge in [0.15, 0.2) is 0 Å². The predicted octanol–water partition coefficient (Wildman–Crippen LogP) is -0.405. The van der Waals surface area contributed by atoms with Crippen molar-refractivity contribution >= 4 is 37.1 Å². The van der Waals surface area contributed by atoms with Crippen molar-refractivity contribution in [2.75, 3.05) is 5.75 Å². The molecule has 13 heavy (non-hydrogen) atoms. The predicted molar refractivity (Wildman–Crippen MR) is 58.0 cm³/mol. The third-order valence-electron chi connectivity index (χ3n) is 1.53. The van der Waals surface area contributed by atoms with Crippen LogP contribution in [0.15, 0.2) is 0 Å². The molecule has 2 unspecified atom stereocenters. The first-order valence-corrected chi connectivity index (χ1v) is 5.06. The lowest BCUT2D eigenvalue weighted by molar-refractivity contribution is -0.126. The second-order valence-electron chi connectivity index (χ2n) is 2.57. The fraction of sp³-hybridized carbons (Fsp3) is 0.714. The average Bonchev–Trinajstić information content (AvgIpc) is 2.11. The van der Waals surface area contributed by atoms with E-state index in [-0.39, 0.29) is 11.7 Å². The molecule has 2 atom stereocenters. The van der Waals surface area contributed by atoms with E-state index >= 15 is 0 Å². The molecule has 76 valence electrons. The van der Waals surface area contributed by atoms with Crippen LogP contribution in [-0.4, -0.2) is 28.9 Å². The van der Waals surface area contributed by atoms with Gasteiger partial charge in [-0.15, -0.1) is 0 Å². The lowest BCUT2D eigenvalue weighted by Gasteiger charge is -2.15. The van der Waals surface area contributed by atoms with Crippen molar-refractivity contribution in [1.82, 2.24) is 5.32 Å².